The van der Waals surface area contributed by atoms with Crippen LogP contribution in [0, 0.1) is 24.4 Å². The Morgan fingerprint density at radius 1 is 0.833 bits per heavy atom. The van der Waals surface area contributed by atoms with Gasteiger partial charge in [-0.3, -0.25) is 0 Å². The normalized spacial score (nSPS) is 10.5. The lowest BCUT2D eigenvalue weighted by Gasteiger charge is -2.05. The van der Waals surface area contributed by atoms with Crippen molar-refractivity contribution < 1.29 is 13.2 Å². The quantitative estimate of drug-likeness (QED) is 0.503. The van der Waals surface area contributed by atoms with E-state index in [9.17, 15) is 13.2 Å². The molecule has 1 rings (SSSR count). The highest BCUT2D eigenvalue weighted by Gasteiger charge is 2.19. The second kappa shape index (κ2) is 3.38. The molecule has 0 saturated heterocycles. The van der Waals surface area contributed by atoms with Gasteiger partial charge in [0.25, 0.3) is 0 Å². The minimum Gasteiger partial charge on any atom is -0.202 e. The van der Waals surface area contributed by atoms with Gasteiger partial charge in [0.1, 0.15) is 0 Å². The summed E-state index contributed by atoms with van der Waals surface area (Å²) in [5, 5.41) is 0. The Bertz CT molecular complexity index is 231. The highest BCUT2D eigenvalue weighted by molar-refractivity contribution is 9.11. The summed E-state index contributed by atoms with van der Waals surface area (Å²) in [5.74, 6) is -3.87. The fourth-order valence-corrected chi connectivity index (χ4v) is 1.73. The molecule has 5 heteroatoms. The van der Waals surface area contributed by atoms with Gasteiger partial charge in [0, 0.05) is 0 Å². The molecule has 0 fully saturated rings. The van der Waals surface area contributed by atoms with Gasteiger partial charge >= 0.3 is 0 Å². The third kappa shape index (κ3) is 1.40. The summed E-state index contributed by atoms with van der Waals surface area (Å²) in [6, 6.07) is 0. The van der Waals surface area contributed by atoms with Gasteiger partial charge in [0.15, 0.2) is 17.5 Å². The van der Waals surface area contributed by atoms with Crippen molar-refractivity contribution in [1.29, 1.82) is 0 Å². The van der Waals surface area contributed by atoms with Crippen molar-refractivity contribution in [3.63, 3.8) is 0 Å². The van der Waals surface area contributed by atoms with Crippen molar-refractivity contribution in [3.8, 4) is 0 Å². The second-order valence-corrected chi connectivity index (χ2v) is 3.78. The van der Waals surface area contributed by atoms with E-state index in [0.29, 0.717) is 5.56 Å². The van der Waals surface area contributed by atoms with Crippen LogP contribution >= 0.6 is 31.9 Å². The Morgan fingerprint density at radius 2 is 1.17 bits per heavy atom. The lowest BCUT2D eigenvalue weighted by atomic mass is 10.2. The van der Waals surface area contributed by atoms with Crippen LogP contribution in [0.15, 0.2) is 8.95 Å². The lowest BCUT2D eigenvalue weighted by Crippen LogP contribution is -1.96. The van der Waals surface area contributed by atoms with Crippen LogP contribution in [0.3, 0.4) is 0 Å². The third-order valence-electron chi connectivity index (χ3n) is 1.43. The number of benzene rings is 1. The molecule has 0 atom stereocenters. The summed E-state index contributed by atoms with van der Waals surface area (Å²) in [4.78, 5) is 0. The molecule has 0 heterocycles. The summed E-state index contributed by atoms with van der Waals surface area (Å²) in [5.41, 5.74) is 0.298. The van der Waals surface area contributed by atoms with Crippen molar-refractivity contribution in [3.05, 3.63) is 32.0 Å². The smallest absolute Gasteiger partial charge is 0.196 e. The largest absolute Gasteiger partial charge is 0.202 e. The average Bonchev–Trinajstić information content (AvgIpc) is 2.08. The van der Waals surface area contributed by atoms with E-state index in [1.54, 1.807) is 0 Å². The van der Waals surface area contributed by atoms with E-state index in [-0.39, 0.29) is 8.95 Å². The van der Waals surface area contributed by atoms with E-state index in [2.05, 4.69) is 31.9 Å². The van der Waals surface area contributed by atoms with Crippen LogP contribution in [0.1, 0.15) is 5.56 Å². The topological polar surface area (TPSA) is 0 Å². The summed E-state index contributed by atoms with van der Waals surface area (Å²) in [7, 11) is 0. The molecule has 0 saturated carbocycles. The Hall–Kier alpha value is -0.0300. The van der Waals surface area contributed by atoms with Crippen LogP contribution in [-0.4, -0.2) is 0 Å². The molecule has 0 bridgehead atoms. The molecule has 12 heavy (non-hydrogen) atoms. The van der Waals surface area contributed by atoms with Crippen LogP contribution in [0.4, 0.5) is 13.2 Å². The van der Waals surface area contributed by atoms with Crippen molar-refractivity contribution in [1.82, 2.24) is 0 Å². The highest BCUT2D eigenvalue weighted by Crippen LogP contribution is 2.31. The van der Waals surface area contributed by atoms with Crippen LogP contribution in [0.25, 0.3) is 0 Å². The number of rotatable bonds is 0. The summed E-state index contributed by atoms with van der Waals surface area (Å²) in [6.07, 6.45) is 0. The van der Waals surface area contributed by atoms with Crippen molar-refractivity contribution in [2.75, 3.05) is 0 Å². The van der Waals surface area contributed by atoms with E-state index < -0.39 is 17.5 Å². The molecule has 0 spiro atoms. The second-order valence-electron chi connectivity index (χ2n) is 2.19. The zero-order chi connectivity index (χ0) is 9.46. The Labute approximate surface area is 84.0 Å². The van der Waals surface area contributed by atoms with E-state index in [1.807, 2.05) is 0 Å². The van der Waals surface area contributed by atoms with Gasteiger partial charge in [-0.05, 0) is 44.3 Å². The Balaban J connectivity index is 3.60. The SMILES string of the molecule is Cc1c(Br)c(F)c(F)c(F)c1Br. The van der Waals surface area contributed by atoms with Gasteiger partial charge in [-0.1, -0.05) is 0 Å². The van der Waals surface area contributed by atoms with Gasteiger partial charge in [-0.15, -0.1) is 0 Å². The summed E-state index contributed by atoms with van der Waals surface area (Å²) < 4.78 is 38.0. The number of hydrogen-bond donors (Lipinski definition) is 0. The standard InChI is InChI=1S/C7H3Br2F3/c1-2-3(8)5(10)7(12)6(11)4(2)9/h1H3. The minimum atomic E-state index is -1.47. The molecule has 0 aliphatic carbocycles. The predicted octanol–water partition coefficient (Wildman–Crippen LogP) is 3.94. The van der Waals surface area contributed by atoms with Gasteiger partial charge in [0.2, 0.25) is 0 Å². The summed E-state index contributed by atoms with van der Waals surface area (Å²) in [6.45, 7) is 1.47. The fraction of sp³-hybridized carbons (Fsp3) is 0.143. The first-order valence-electron chi connectivity index (χ1n) is 2.94. The number of halogens is 5. The number of hydrogen-bond acceptors (Lipinski definition) is 0. The molecule has 0 aliphatic heterocycles. The first-order valence-corrected chi connectivity index (χ1v) is 4.53. The van der Waals surface area contributed by atoms with E-state index in [0.717, 1.165) is 0 Å². The maximum atomic E-state index is 12.7. The average molecular weight is 304 g/mol. The van der Waals surface area contributed by atoms with Gasteiger partial charge in [-0.25, -0.2) is 13.2 Å². The minimum absolute atomic E-state index is 0.0618. The van der Waals surface area contributed by atoms with Crippen molar-refractivity contribution in [2.45, 2.75) is 6.92 Å². The molecule has 0 aliphatic rings. The molecular formula is C7H3Br2F3. The van der Waals surface area contributed by atoms with Crippen LogP contribution in [0.2, 0.25) is 0 Å². The molecule has 0 nitrogen and oxygen atoms in total. The molecule has 0 radical (unpaired) electrons. The Morgan fingerprint density at radius 3 is 1.50 bits per heavy atom. The van der Waals surface area contributed by atoms with E-state index in [1.165, 1.54) is 6.92 Å². The molecule has 0 aromatic heterocycles. The van der Waals surface area contributed by atoms with Crippen LogP contribution < -0.4 is 0 Å². The van der Waals surface area contributed by atoms with Gasteiger partial charge in [-0.2, -0.15) is 0 Å². The lowest BCUT2D eigenvalue weighted by molar-refractivity contribution is 0.439. The molecule has 1 aromatic rings. The van der Waals surface area contributed by atoms with Crippen LogP contribution in [-0.2, 0) is 0 Å². The molecule has 66 valence electrons. The third-order valence-corrected chi connectivity index (χ3v) is 3.32. The maximum absolute atomic E-state index is 12.7. The highest BCUT2D eigenvalue weighted by atomic mass is 79.9. The van der Waals surface area contributed by atoms with E-state index in [4.69, 9.17) is 0 Å². The van der Waals surface area contributed by atoms with Gasteiger partial charge in [0.05, 0.1) is 8.95 Å². The molecular weight excluding hydrogens is 301 g/mol. The first kappa shape index (κ1) is 10.1. The predicted molar refractivity (Wildman–Crippen MR) is 46.5 cm³/mol. The van der Waals surface area contributed by atoms with E-state index >= 15 is 0 Å². The first-order chi connectivity index (χ1) is 5.46. The Kier molecular flexibility index (Phi) is 2.83. The fourth-order valence-electron chi connectivity index (χ4n) is 0.715. The molecule has 0 N–H and O–H groups in total. The van der Waals surface area contributed by atoms with Crippen molar-refractivity contribution in [2.24, 2.45) is 0 Å². The molecule has 1 aromatic carbocycles. The van der Waals surface area contributed by atoms with Gasteiger partial charge < -0.3 is 0 Å². The zero-order valence-corrected chi connectivity index (χ0v) is 9.06. The summed E-state index contributed by atoms with van der Waals surface area (Å²) >= 11 is 5.61. The zero-order valence-electron chi connectivity index (χ0n) is 5.89. The van der Waals surface area contributed by atoms with Crippen molar-refractivity contribution >= 4 is 31.9 Å². The molecule has 0 unspecified atom stereocenters. The molecule has 0 amide bonds. The maximum Gasteiger partial charge on any atom is 0.196 e. The van der Waals surface area contributed by atoms with Crippen LogP contribution in [0.5, 0.6) is 0 Å². The monoisotopic (exact) mass is 302 g/mol.